The molecule has 0 bridgehead atoms. The Morgan fingerprint density at radius 1 is 0.538 bits per heavy atom. The molecule has 26 heavy (non-hydrogen) atoms. The first-order chi connectivity index (χ1) is 12.9. The van der Waals surface area contributed by atoms with Crippen LogP contribution in [0, 0.1) is 0 Å². The summed E-state index contributed by atoms with van der Waals surface area (Å²) in [6.45, 7) is 0. The fourth-order valence-electron chi connectivity index (χ4n) is 3.47. The van der Waals surface area contributed by atoms with Crippen molar-refractivity contribution in [1.29, 1.82) is 0 Å². The highest BCUT2D eigenvalue weighted by molar-refractivity contribution is 5.84. The molecule has 0 N–H and O–H groups in total. The summed E-state index contributed by atoms with van der Waals surface area (Å²) in [6.07, 6.45) is 4.02. The summed E-state index contributed by atoms with van der Waals surface area (Å²) in [6, 6.07) is 32.2. The van der Waals surface area contributed by atoms with E-state index < -0.39 is 0 Å². The molecule has 128 valence electrons. The summed E-state index contributed by atoms with van der Waals surface area (Å²) in [7, 11) is 0. The summed E-state index contributed by atoms with van der Waals surface area (Å²) in [5.74, 6) is 0. The number of hydrogen-bond donors (Lipinski definition) is 0. The number of aromatic nitrogens is 1. The molecule has 0 saturated carbocycles. The van der Waals surface area contributed by atoms with Gasteiger partial charge in [-0.3, -0.25) is 4.98 Å². The van der Waals surface area contributed by atoms with Gasteiger partial charge in [-0.25, -0.2) is 0 Å². The molecule has 4 rings (SSSR count). The normalized spacial score (nSPS) is 10.9. The Labute approximate surface area is 155 Å². The van der Waals surface area contributed by atoms with Crippen LogP contribution < -0.4 is 0 Å². The molecular weight excluding hydrogens is 314 g/mol. The van der Waals surface area contributed by atoms with E-state index >= 15 is 0 Å². The molecule has 0 saturated heterocycles. The number of nitrogens with zero attached hydrogens (tertiary/aromatic N) is 1. The molecule has 1 aromatic heterocycles. The topological polar surface area (TPSA) is 12.9 Å². The number of rotatable bonds is 6. The number of aryl methyl sites for hydroxylation is 4. The maximum absolute atomic E-state index is 5.03. The van der Waals surface area contributed by atoms with Gasteiger partial charge < -0.3 is 0 Å². The van der Waals surface area contributed by atoms with Crippen LogP contribution in [0.4, 0.5) is 0 Å². The Morgan fingerprint density at radius 2 is 1.12 bits per heavy atom. The first kappa shape index (κ1) is 16.5. The Morgan fingerprint density at radius 3 is 1.81 bits per heavy atom. The number of hydrogen-bond acceptors (Lipinski definition) is 1. The molecule has 1 heterocycles. The molecule has 0 fully saturated rings. The maximum Gasteiger partial charge on any atom is 0.0488 e. The lowest BCUT2D eigenvalue weighted by Crippen LogP contribution is -2.01. The third kappa shape index (κ3) is 4.00. The van der Waals surface area contributed by atoms with Gasteiger partial charge in [-0.05, 0) is 48.3 Å². The van der Waals surface area contributed by atoms with E-state index in [1.165, 1.54) is 33.3 Å². The average Bonchev–Trinajstić information content (AvgIpc) is 2.72. The fourth-order valence-corrected chi connectivity index (χ4v) is 3.47. The van der Waals surface area contributed by atoms with Gasteiger partial charge >= 0.3 is 0 Å². The zero-order chi connectivity index (χ0) is 17.6. The summed E-state index contributed by atoms with van der Waals surface area (Å²) in [5, 5.41) is 2.58. The van der Waals surface area contributed by atoms with Gasteiger partial charge in [0.05, 0.1) is 0 Å². The molecule has 0 aliphatic heterocycles. The summed E-state index contributed by atoms with van der Waals surface area (Å²) in [4.78, 5) is 5.03. The second-order valence-electron chi connectivity index (χ2n) is 6.75. The van der Waals surface area contributed by atoms with Crippen LogP contribution in [-0.2, 0) is 25.7 Å². The van der Waals surface area contributed by atoms with Gasteiger partial charge in [0.15, 0.2) is 0 Å². The third-order valence-corrected chi connectivity index (χ3v) is 4.88. The monoisotopic (exact) mass is 337 g/mol. The highest BCUT2D eigenvalue weighted by atomic mass is 14.7. The molecule has 0 unspecified atom stereocenters. The zero-order valence-corrected chi connectivity index (χ0v) is 14.9. The Hall–Kier alpha value is -2.93. The molecule has 0 aliphatic rings. The standard InChI is InChI=1S/C25H23N/c1-3-9-20(10-4-1)15-17-23-19-22-13-7-8-14-24(22)25(26-23)18-16-21-11-5-2-6-12-21/h1-14,19H,15-18H2. The Kier molecular flexibility index (Phi) is 5.07. The van der Waals surface area contributed by atoms with Gasteiger partial charge in [0.1, 0.15) is 0 Å². The minimum absolute atomic E-state index is 0.976. The van der Waals surface area contributed by atoms with Crippen molar-refractivity contribution in [3.05, 3.63) is 114 Å². The van der Waals surface area contributed by atoms with Gasteiger partial charge in [0, 0.05) is 16.8 Å². The van der Waals surface area contributed by atoms with Crippen LogP contribution >= 0.6 is 0 Å². The summed E-state index contributed by atoms with van der Waals surface area (Å²) >= 11 is 0. The number of pyridine rings is 1. The van der Waals surface area contributed by atoms with E-state index in [0.717, 1.165) is 25.7 Å². The zero-order valence-electron chi connectivity index (χ0n) is 14.9. The van der Waals surface area contributed by atoms with Crippen molar-refractivity contribution in [2.24, 2.45) is 0 Å². The molecule has 0 amide bonds. The SMILES string of the molecule is c1ccc(CCc2cc3ccccc3c(CCc3ccccc3)n2)cc1. The van der Waals surface area contributed by atoms with E-state index in [1.54, 1.807) is 0 Å². The predicted molar refractivity (Wildman–Crippen MR) is 109 cm³/mol. The number of benzene rings is 3. The van der Waals surface area contributed by atoms with Crippen molar-refractivity contribution < 1.29 is 0 Å². The van der Waals surface area contributed by atoms with E-state index in [2.05, 4.69) is 91.0 Å². The number of fused-ring (bicyclic) bond motifs is 1. The van der Waals surface area contributed by atoms with E-state index in [1.807, 2.05) is 0 Å². The predicted octanol–water partition coefficient (Wildman–Crippen LogP) is 5.81. The summed E-state index contributed by atoms with van der Waals surface area (Å²) in [5.41, 5.74) is 5.15. The van der Waals surface area contributed by atoms with Crippen LogP contribution in [0.2, 0.25) is 0 Å². The minimum Gasteiger partial charge on any atom is -0.257 e. The van der Waals surface area contributed by atoms with E-state index in [4.69, 9.17) is 4.98 Å². The highest BCUT2D eigenvalue weighted by Crippen LogP contribution is 2.21. The van der Waals surface area contributed by atoms with Crippen LogP contribution in [0.5, 0.6) is 0 Å². The van der Waals surface area contributed by atoms with Crippen molar-refractivity contribution in [1.82, 2.24) is 4.98 Å². The Balaban J connectivity index is 1.58. The minimum atomic E-state index is 0.976. The van der Waals surface area contributed by atoms with Gasteiger partial charge in [0.25, 0.3) is 0 Å². The van der Waals surface area contributed by atoms with E-state index in [9.17, 15) is 0 Å². The van der Waals surface area contributed by atoms with Gasteiger partial charge in [-0.15, -0.1) is 0 Å². The third-order valence-electron chi connectivity index (χ3n) is 4.88. The van der Waals surface area contributed by atoms with Crippen molar-refractivity contribution >= 4 is 10.8 Å². The van der Waals surface area contributed by atoms with Crippen molar-refractivity contribution in [2.45, 2.75) is 25.7 Å². The van der Waals surface area contributed by atoms with Gasteiger partial charge in [-0.1, -0.05) is 84.9 Å². The molecule has 1 nitrogen and oxygen atoms in total. The molecule has 0 aliphatic carbocycles. The van der Waals surface area contributed by atoms with E-state index in [-0.39, 0.29) is 0 Å². The van der Waals surface area contributed by atoms with Crippen molar-refractivity contribution in [2.75, 3.05) is 0 Å². The van der Waals surface area contributed by atoms with Crippen LogP contribution in [-0.4, -0.2) is 4.98 Å². The second-order valence-corrected chi connectivity index (χ2v) is 6.75. The lowest BCUT2D eigenvalue weighted by atomic mass is 10.0. The first-order valence-corrected chi connectivity index (χ1v) is 9.34. The smallest absolute Gasteiger partial charge is 0.0488 e. The lowest BCUT2D eigenvalue weighted by Gasteiger charge is -2.10. The fraction of sp³-hybridized carbons (Fsp3) is 0.160. The van der Waals surface area contributed by atoms with Gasteiger partial charge in [-0.2, -0.15) is 0 Å². The van der Waals surface area contributed by atoms with Crippen LogP contribution in [0.3, 0.4) is 0 Å². The van der Waals surface area contributed by atoms with Crippen molar-refractivity contribution in [3.8, 4) is 0 Å². The second kappa shape index (κ2) is 7.97. The van der Waals surface area contributed by atoms with E-state index in [0.29, 0.717) is 0 Å². The lowest BCUT2D eigenvalue weighted by molar-refractivity contribution is 0.867. The molecule has 0 radical (unpaired) electrons. The van der Waals surface area contributed by atoms with Crippen molar-refractivity contribution in [3.63, 3.8) is 0 Å². The van der Waals surface area contributed by atoms with Crippen LogP contribution in [0.15, 0.2) is 91.0 Å². The molecule has 0 atom stereocenters. The summed E-state index contributed by atoms with van der Waals surface area (Å²) < 4.78 is 0. The quantitative estimate of drug-likeness (QED) is 0.433. The molecular formula is C25H23N. The molecule has 4 aromatic rings. The van der Waals surface area contributed by atoms with Crippen LogP contribution in [0.1, 0.15) is 22.5 Å². The first-order valence-electron chi connectivity index (χ1n) is 9.34. The molecule has 1 heteroatoms. The average molecular weight is 337 g/mol. The largest absolute Gasteiger partial charge is 0.257 e. The highest BCUT2D eigenvalue weighted by Gasteiger charge is 2.07. The van der Waals surface area contributed by atoms with Crippen LogP contribution in [0.25, 0.3) is 10.8 Å². The molecule has 3 aromatic carbocycles. The maximum atomic E-state index is 5.03. The Bertz CT molecular complexity index is 975. The van der Waals surface area contributed by atoms with Gasteiger partial charge in [0.2, 0.25) is 0 Å². The molecule has 0 spiro atoms.